The van der Waals surface area contributed by atoms with Gasteiger partial charge in [0.25, 0.3) is 5.91 Å². The zero-order valence-electron chi connectivity index (χ0n) is 16.5. The molecule has 2 amide bonds. The Labute approximate surface area is 155 Å². The summed E-state index contributed by atoms with van der Waals surface area (Å²) >= 11 is 1.60. The minimum absolute atomic E-state index is 0.134. The van der Waals surface area contributed by atoms with E-state index in [1.54, 1.807) is 38.6 Å². The molecule has 1 aromatic rings. The number of imide groups is 1. The van der Waals surface area contributed by atoms with E-state index >= 15 is 0 Å². The first-order valence-corrected chi connectivity index (χ1v) is 9.09. The molecule has 5 nitrogen and oxygen atoms in total. The smallest absolute Gasteiger partial charge is 0.253 e. The standard InChI is InChI=1S/C9H10OS.C7H11NO2.C2H6.CH4O/c1-7(10)8-5-3-4-6-9(8)11-2;1-4-5(2)7(10)8-6(3)9;2*1-2/h3-6H,1-2H3;4H,1-3H3,(H,8,9,10);1-2H3;2H,1H3/b;5-4-;;. The SMILES string of the molecule is C/C=C(/C)C(=O)NC(C)=O.CC.CO.CSc1ccccc1C(C)=O. The summed E-state index contributed by atoms with van der Waals surface area (Å²) in [5.74, 6) is -0.517. The molecule has 0 aromatic heterocycles. The van der Waals surface area contributed by atoms with E-state index in [9.17, 15) is 14.4 Å². The van der Waals surface area contributed by atoms with Gasteiger partial charge in [-0.2, -0.15) is 0 Å². The first kappa shape index (κ1) is 27.9. The van der Waals surface area contributed by atoms with Crippen LogP contribution >= 0.6 is 11.8 Å². The molecule has 0 aliphatic heterocycles. The maximum atomic E-state index is 11.0. The Hall–Kier alpha value is -1.92. The van der Waals surface area contributed by atoms with E-state index < -0.39 is 0 Å². The fraction of sp³-hybridized carbons (Fsp3) is 0.421. The van der Waals surface area contributed by atoms with Crippen LogP contribution in [-0.2, 0) is 9.59 Å². The number of rotatable bonds is 3. The van der Waals surface area contributed by atoms with Gasteiger partial charge in [-0.1, -0.05) is 38.1 Å². The number of nitrogens with one attached hydrogen (secondary N) is 1. The second-order valence-corrected chi connectivity index (χ2v) is 5.09. The molecule has 0 aliphatic rings. The summed E-state index contributed by atoms with van der Waals surface area (Å²) in [4.78, 5) is 33.2. The minimum Gasteiger partial charge on any atom is -0.400 e. The van der Waals surface area contributed by atoms with Crippen LogP contribution in [0.3, 0.4) is 0 Å². The van der Waals surface area contributed by atoms with Gasteiger partial charge in [-0.15, -0.1) is 11.8 Å². The van der Waals surface area contributed by atoms with Crippen LogP contribution < -0.4 is 5.32 Å². The molecule has 0 heterocycles. The molecule has 0 saturated carbocycles. The summed E-state index contributed by atoms with van der Waals surface area (Å²) in [6.07, 6.45) is 3.63. The molecule has 0 saturated heterocycles. The van der Waals surface area contributed by atoms with Gasteiger partial charge >= 0.3 is 0 Å². The zero-order valence-corrected chi connectivity index (χ0v) is 17.3. The van der Waals surface area contributed by atoms with Crippen LogP contribution in [0.2, 0.25) is 0 Å². The monoisotopic (exact) mass is 369 g/mol. The lowest BCUT2D eigenvalue weighted by molar-refractivity contribution is -0.127. The number of allylic oxidation sites excluding steroid dienone is 1. The molecule has 1 aromatic carbocycles. The zero-order chi connectivity index (χ0) is 20.4. The summed E-state index contributed by atoms with van der Waals surface area (Å²) in [6.45, 7) is 10.3. The van der Waals surface area contributed by atoms with Crippen molar-refractivity contribution in [2.24, 2.45) is 0 Å². The fourth-order valence-corrected chi connectivity index (χ4v) is 1.97. The number of carbonyl (C=O) groups is 3. The van der Waals surface area contributed by atoms with Gasteiger partial charge < -0.3 is 5.11 Å². The van der Waals surface area contributed by atoms with Gasteiger partial charge in [-0.3, -0.25) is 19.7 Å². The highest BCUT2D eigenvalue weighted by Gasteiger charge is 2.03. The average molecular weight is 370 g/mol. The first-order chi connectivity index (χ1) is 11.8. The predicted molar refractivity (Wildman–Crippen MR) is 106 cm³/mol. The van der Waals surface area contributed by atoms with Gasteiger partial charge in [0.2, 0.25) is 5.91 Å². The van der Waals surface area contributed by atoms with Crippen LogP contribution in [0, 0.1) is 0 Å². The largest absolute Gasteiger partial charge is 0.400 e. The predicted octanol–water partition coefficient (Wildman–Crippen LogP) is 3.86. The number of amides is 2. The Morgan fingerprint density at radius 1 is 1.04 bits per heavy atom. The number of thioether (sulfide) groups is 1. The second-order valence-electron chi connectivity index (χ2n) is 4.24. The summed E-state index contributed by atoms with van der Waals surface area (Å²) in [7, 11) is 1.00. The lowest BCUT2D eigenvalue weighted by atomic mass is 10.1. The molecular formula is C19H31NO4S. The average Bonchev–Trinajstić information content (AvgIpc) is 2.64. The maximum Gasteiger partial charge on any atom is 0.253 e. The molecule has 1 rings (SSSR count). The first-order valence-electron chi connectivity index (χ1n) is 7.87. The van der Waals surface area contributed by atoms with Gasteiger partial charge in [-0.05, 0) is 33.1 Å². The van der Waals surface area contributed by atoms with Crippen molar-refractivity contribution in [2.75, 3.05) is 13.4 Å². The Kier molecular flexibility index (Phi) is 20.6. The van der Waals surface area contributed by atoms with E-state index in [0.717, 1.165) is 17.6 Å². The topological polar surface area (TPSA) is 83.5 Å². The van der Waals surface area contributed by atoms with E-state index in [2.05, 4.69) is 5.32 Å². The highest BCUT2D eigenvalue weighted by Crippen LogP contribution is 2.19. The van der Waals surface area contributed by atoms with Crippen molar-refractivity contribution < 1.29 is 19.5 Å². The van der Waals surface area contributed by atoms with Crippen molar-refractivity contribution in [2.45, 2.75) is 46.4 Å². The lowest BCUT2D eigenvalue weighted by Crippen LogP contribution is -2.28. The van der Waals surface area contributed by atoms with E-state index in [1.807, 2.05) is 44.4 Å². The fourth-order valence-electron chi connectivity index (χ4n) is 1.33. The highest BCUT2D eigenvalue weighted by atomic mass is 32.2. The lowest BCUT2D eigenvalue weighted by Gasteiger charge is -2.01. The molecule has 0 radical (unpaired) electrons. The third kappa shape index (κ3) is 14.2. The third-order valence-electron chi connectivity index (χ3n) is 2.57. The van der Waals surface area contributed by atoms with Crippen LogP contribution in [0.25, 0.3) is 0 Å². The molecule has 142 valence electrons. The summed E-state index contributed by atoms with van der Waals surface area (Å²) in [6, 6.07) is 7.64. The summed E-state index contributed by atoms with van der Waals surface area (Å²) < 4.78 is 0. The van der Waals surface area contributed by atoms with Gasteiger partial charge in [0, 0.05) is 30.1 Å². The Morgan fingerprint density at radius 2 is 1.52 bits per heavy atom. The van der Waals surface area contributed by atoms with Gasteiger partial charge in [0.05, 0.1) is 0 Å². The van der Waals surface area contributed by atoms with Crippen molar-refractivity contribution >= 4 is 29.4 Å². The van der Waals surface area contributed by atoms with Crippen molar-refractivity contribution in [3.8, 4) is 0 Å². The molecule has 25 heavy (non-hydrogen) atoms. The second kappa shape index (κ2) is 18.4. The number of hydrogen-bond acceptors (Lipinski definition) is 5. The number of Topliss-reactive ketones (excluding diaryl/α,β-unsaturated/α-hetero) is 1. The van der Waals surface area contributed by atoms with Gasteiger partial charge in [0.1, 0.15) is 0 Å². The maximum absolute atomic E-state index is 11.0. The van der Waals surface area contributed by atoms with Crippen molar-refractivity contribution in [1.82, 2.24) is 5.32 Å². The molecule has 0 fully saturated rings. The molecule has 0 unspecified atom stereocenters. The molecule has 2 N–H and O–H groups in total. The van der Waals surface area contributed by atoms with Crippen LogP contribution in [0.4, 0.5) is 0 Å². The summed E-state index contributed by atoms with van der Waals surface area (Å²) in [5, 5.41) is 9.15. The van der Waals surface area contributed by atoms with E-state index in [1.165, 1.54) is 6.92 Å². The number of aliphatic hydroxyl groups excluding tert-OH is 1. The van der Waals surface area contributed by atoms with Crippen molar-refractivity contribution in [1.29, 1.82) is 0 Å². The number of ketones is 1. The molecule has 6 heteroatoms. The van der Waals surface area contributed by atoms with Crippen molar-refractivity contribution in [3.63, 3.8) is 0 Å². The Bertz CT molecular complexity index is 554. The van der Waals surface area contributed by atoms with Crippen LogP contribution in [0.1, 0.15) is 51.9 Å². The van der Waals surface area contributed by atoms with Gasteiger partial charge in [-0.25, -0.2) is 0 Å². The Morgan fingerprint density at radius 3 is 1.84 bits per heavy atom. The number of aliphatic hydroxyl groups is 1. The molecule has 0 bridgehead atoms. The molecular weight excluding hydrogens is 338 g/mol. The molecule has 0 aliphatic carbocycles. The summed E-state index contributed by atoms with van der Waals surface area (Å²) in [5.41, 5.74) is 1.37. The number of hydrogen-bond donors (Lipinski definition) is 2. The van der Waals surface area contributed by atoms with Crippen LogP contribution in [-0.4, -0.2) is 36.1 Å². The van der Waals surface area contributed by atoms with E-state index in [-0.39, 0.29) is 17.6 Å². The quantitative estimate of drug-likeness (QED) is 0.480. The minimum atomic E-state index is -0.328. The number of carbonyl (C=O) groups excluding carboxylic acids is 3. The van der Waals surface area contributed by atoms with Crippen molar-refractivity contribution in [3.05, 3.63) is 41.5 Å². The van der Waals surface area contributed by atoms with Crippen LogP contribution in [0.5, 0.6) is 0 Å². The third-order valence-corrected chi connectivity index (χ3v) is 3.36. The van der Waals surface area contributed by atoms with Crippen LogP contribution in [0.15, 0.2) is 40.8 Å². The normalized spacial score (nSPS) is 9.08. The highest BCUT2D eigenvalue weighted by molar-refractivity contribution is 7.98. The van der Waals surface area contributed by atoms with E-state index in [4.69, 9.17) is 5.11 Å². The number of benzene rings is 1. The Balaban J connectivity index is -0.000000324. The van der Waals surface area contributed by atoms with E-state index in [0.29, 0.717) is 5.57 Å². The van der Waals surface area contributed by atoms with Gasteiger partial charge in [0.15, 0.2) is 5.78 Å². The molecule has 0 atom stereocenters. The molecule has 0 spiro atoms.